The summed E-state index contributed by atoms with van der Waals surface area (Å²) in [5.41, 5.74) is 0.830. The van der Waals surface area contributed by atoms with Crippen LogP contribution in [0.2, 0.25) is 0 Å². The smallest absolute Gasteiger partial charge is 0.266 e. The molecule has 18 heavy (non-hydrogen) atoms. The quantitative estimate of drug-likeness (QED) is 0.745. The Kier molecular flexibility index (Phi) is 5.35. The molecule has 0 atom stereocenters. The van der Waals surface area contributed by atoms with Crippen LogP contribution >= 0.6 is 0 Å². The van der Waals surface area contributed by atoms with Crippen LogP contribution in [0, 0.1) is 11.8 Å². The fourth-order valence-corrected chi connectivity index (χ4v) is 2.94. The molecule has 0 aliphatic rings. The molecule has 3 nitrogen and oxygen atoms in total. The Bertz CT molecular complexity index is 476. The SMILES string of the molecule is CC(C)COS(=O)(=O)c1ccccc1CC(C)C. The molecule has 0 aliphatic heterocycles. The lowest BCUT2D eigenvalue weighted by atomic mass is 10.0. The fraction of sp³-hybridized carbons (Fsp3) is 0.571. The number of hydrogen-bond acceptors (Lipinski definition) is 3. The first kappa shape index (κ1) is 15.2. The van der Waals surface area contributed by atoms with Crippen LogP contribution < -0.4 is 0 Å². The van der Waals surface area contributed by atoms with Crippen molar-refractivity contribution in [1.82, 2.24) is 0 Å². The van der Waals surface area contributed by atoms with E-state index >= 15 is 0 Å². The van der Waals surface area contributed by atoms with Gasteiger partial charge in [-0.1, -0.05) is 45.9 Å². The van der Waals surface area contributed by atoms with Gasteiger partial charge < -0.3 is 0 Å². The van der Waals surface area contributed by atoms with E-state index < -0.39 is 10.1 Å². The monoisotopic (exact) mass is 270 g/mol. The Morgan fingerprint density at radius 2 is 1.67 bits per heavy atom. The van der Waals surface area contributed by atoms with Crippen LogP contribution in [0.4, 0.5) is 0 Å². The van der Waals surface area contributed by atoms with Gasteiger partial charge in [0.1, 0.15) is 0 Å². The second kappa shape index (κ2) is 6.34. The third-order valence-electron chi connectivity index (χ3n) is 2.43. The van der Waals surface area contributed by atoms with E-state index in [2.05, 4.69) is 13.8 Å². The van der Waals surface area contributed by atoms with Crippen LogP contribution in [-0.2, 0) is 20.7 Å². The van der Waals surface area contributed by atoms with E-state index in [9.17, 15) is 8.42 Å². The maximum atomic E-state index is 12.1. The molecule has 102 valence electrons. The normalized spacial score (nSPS) is 12.3. The number of benzene rings is 1. The molecule has 0 aromatic heterocycles. The summed E-state index contributed by atoms with van der Waals surface area (Å²) in [6.45, 7) is 8.21. The zero-order valence-electron chi connectivity index (χ0n) is 11.5. The Morgan fingerprint density at radius 3 is 2.22 bits per heavy atom. The first-order valence-corrected chi connectivity index (χ1v) is 7.71. The van der Waals surface area contributed by atoms with Gasteiger partial charge in [-0.25, -0.2) is 0 Å². The van der Waals surface area contributed by atoms with Crippen molar-refractivity contribution in [3.63, 3.8) is 0 Å². The lowest BCUT2D eigenvalue weighted by Gasteiger charge is -2.13. The molecule has 0 N–H and O–H groups in total. The van der Waals surface area contributed by atoms with Crippen molar-refractivity contribution in [2.24, 2.45) is 11.8 Å². The maximum absolute atomic E-state index is 12.1. The van der Waals surface area contributed by atoms with Gasteiger partial charge in [-0.2, -0.15) is 8.42 Å². The lowest BCUT2D eigenvalue weighted by molar-refractivity contribution is 0.275. The molecule has 0 bridgehead atoms. The summed E-state index contributed by atoms with van der Waals surface area (Å²) in [6.07, 6.45) is 0.737. The Hall–Kier alpha value is -0.870. The molecular weight excluding hydrogens is 248 g/mol. The van der Waals surface area contributed by atoms with E-state index in [1.807, 2.05) is 26.0 Å². The van der Waals surface area contributed by atoms with E-state index in [-0.39, 0.29) is 12.5 Å². The van der Waals surface area contributed by atoms with Gasteiger partial charge in [0.2, 0.25) is 0 Å². The van der Waals surface area contributed by atoms with Crippen LogP contribution in [0.15, 0.2) is 29.2 Å². The van der Waals surface area contributed by atoms with Crippen LogP contribution in [0.5, 0.6) is 0 Å². The van der Waals surface area contributed by atoms with E-state index in [0.717, 1.165) is 12.0 Å². The van der Waals surface area contributed by atoms with Crippen molar-refractivity contribution >= 4 is 10.1 Å². The van der Waals surface area contributed by atoms with Crippen molar-refractivity contribution in [3.8, 4) is 0 Å². The molecule has 0 saturated heterocycles. The largest absolute Gasteiger partial charge is 0.297 e. The molecule has 0 amide bonds. The average molecular weight is 270 g/mol. The van der Waals surface area contributed by atoms with Gasteiger partial charge in [0.05, 0.1) is 11.5 Å². The molecule has 1 rings (SSSR count). The van der Waals surface area contributed by atoms with Crippen LogP contribution in [0.1, 0.15) is 33.3 Å². The van der Waals surface area contributed by atoms with Gasteiger partial charge in [0.15, 0.2) is 0 Å². The Morgan fingerprint density at radius 1 is 1.06 bits per heavy atom. The zero-order valence-corrected chi connectivity index (χ0v) is 12.3. The van der Waals surface area contributed by atoms with Crippen molar-refractivity contribution in [1.29, 1.82) is 0 Å². The summed E-state index contributed by atoms with van der Waals surface area (Å²) in [5.74, 6) is 0.600. The Labute approximate surface area is 110 Å². The topological polar surface area (TPSA) is 43.4 Å². The molecule has 0 fully saturated rings. The van der Waals surface area contributed by atoms with Gasteiger partial charge in [-0.3, -0.25) is 4.18 Å². The van der Waals surface area contributed by atoms with Crippen molar-refractivity contribution < 1.29 is 12.6 Å². The van der Waals surface area contributed by atoms with E-state index in [4.69, 9.17) is 4.18 Å². The van der Waals surface area contributed by atoms with Gasteiger partial charge >= 0.3 is 0 Å². The molecule has 0 aliphatic carbocycles. The standard InChI is InChI=1S/C14H22O3S/c1-11(2)9-13-7-5-6-8-14(13)18(15,16)17-10-12(3)4/h5-8,11-12H,9-10H2,1-4H3. The minimum atomic E-state index is -3.63. The zero-order chi connectivity index (χ0) is 13.8. The summed E-state index contributed by atoms with van der Waals surface area (Å²) in [5, 5.41) is 0. The third-order valence-corrected chi connectivity index (χ3v) is 3.81. The molecule has 0 unspecified atom stereocenters. The summed E-state index contributed by atoms with van der Waals surface area (Å²) < 4.78 is 29.3. The van der Waals surface area contributed by atoms with E-state index in [1.54, 1.807) is 12.1 Å². The van der Waals surface area contributed by atoms with Crippen LogP contribution in [0.25, 0.3) is 0 Å². The lowest BCUT2D eigenvalue weighted by Crippen LogP contribution is -2.13. The van der Waals surface area contributed by atoms with Gasteiger partial charge in [-0.05, 0) is 29.9 Å². The van der Waals surface area contributed by atoms with Gasteiger partial charge in [0.25, 0.3) is 10.1 Å². The summed E-state index contributed by atoms with van der Waals surface area (Å²) in [4.78, 5) is 0.305. The molecular formula is C14H22O3S. The predicted molar refractivity (Wildman–Crippen MR) is 73.0 cm³/mol. The number of hydrogen-bond donors (Lipinski definition) is 0. The molecule has 1 aromatic carbocycles. The fourth-order valence-electron chi connectivity index (χ4n) is 1.65. The molecule has 0 spiro atoms. The van der Waals surface area contributed by atoms with Crippen molar-refractivity contribution in [2.45, 2.75) is 39.0 Å². The minimum Gasteiger partial charge on any atom is -0.266 e. The molecule has 0 radical (unpaired) electrons. The molecule has 0 heterocycles. The first-order valence-electron chi connectivity index (χ1n) is 6.30. The summed E-state index contributed by atoms with van der Waals surface area (Å²) in [6, 6.07) is 7.06. The average Bonchev–Trinajstić information content (AvgIpc) is 2.26. The second-order valence-electron chi connectivity index (χ2n) is 5.34. The predicted octanol–water partition coefficient (Wildman–Crippen LogP) is 3.25. The van der Waals surface area contributed by atoms with Gasteiger partial charge in [-0.15, -0.1) is 0 Å². The highest BCUT2D eigenvalue weighted by molar-refractivity contribution is 7.86. The highest BCUT2D eigenvalue weighted by Gasteiger charge is 2.19. The number of rotatable bonds is 6. The Balaban J connectivity index is 3.00. The van der Waals surface area contributed by atoms with Crippen LogP contribution in [-0.4, -0.2) is 15.0 Å². The third kappa shape index (κ3) is 4.42. The van der Waals surface area contributed by atoms with E-state index in [0.29, 0.717) is 10.8 Å². The van der Waals surface area contributed by atoms with E-state index in [1.165, 1.54) is 0 Å². The molecule has 4 heteroatoms. The van der Waals surface area contributed by atoms with Crippen molar-refractivity contribution in [3.05, 3.63) is 29.8 Å². The summed E-state index contributed by atoms with van der Waals surface area (Å²) in [7, 11) is -3.63. The second-order valence-corrected chi connectivity index (χ2v) is 6.92. The minimum absolute atomic E-state index is 0.192. The highest BCUT2D eigenvalue weighted by Crippen LogP contribution is 2.21. The first-order chi connectivity index (χ1) is 8.33. The highest BCUT2D eigenvalue weighted by atomic mass is 32.2. The molecule has 0 saturated carbocycles. The van der Waals surface area contributed by atoms with Crippen molar-refractivity contribution in [2.75, 3.05) is 6.61 Å². The van der Waals surface area contributed by atoms with Crippen LogP contribution in [0.3, 0.4) is 0 Å². The molecule has 1 aromatic rings. The summed E-state index contributed by atoms with van der Waals surface area (Å²) >= 11 is 0. The van der Waals surface area contributed by atoms with Gasteiger partial charge in [0, 0.05) is 0 Å². The maximum Gasteiger partial charge on any atom is 0.297 e.